The lowest BCUT2D eigenvalue weighted by atomic mass is 10.1. The molecule has 1 aromatic carbocycles. The summed E-state index contributed by atoms with van der Waals surface area (Å²) in [7, 11) is 3.27. The number of ether oxygens (including phenoxy) is 3. The van der Waals surface area contributed by atoms with Crippen LogP contribution >= 0.6 is 12.2 Å². The molecule has 9 nitrogen and oxygen atoms in total. The molecule has 10 heteroatoms. The summed E-state index contributed by atoms with van der Waals surface area (Å²) < 4.78 is 16.1. The molecule has 33 heavy (non-hydrogen) atoms. The van der Waals surface area contributed by atoms with Crippen molar-refractivity contribution in [3.8, 4) is 11.5 Å². The van der Waals surface area contributed by atoms with E-state index in [1.54, 1.807) is 26.7 Å². The SMILES string of the molecule is CCOCCN1CCN(c2ncncc2NC(=S)NCCc2ccc(OC)c(OC)c2)CC1. The van der Waals surface area contributed by atoms with E-state index in [0.29, 0.717) is 11.7 Å². The molecule has 0 unspecified atom stereocenters. The van der Waals surface area contributed by atoms with Gasteiger partial charge in [-0.05, 0) is 43.3 Å². The Labute approximate surface area is 201 Å². The third-order valence-corrected chi connectivity index (χ3v) is 5.76. The number of hydrogen-bond donors (Lipinski definition) is 2. The van der Waals surface area contributed by atoms with Crippen LogP contribution in [0, 0.1) is 0 Å². The summed E-state index contributed by atoms with van der Waals surface area (Å²) in [5.74, 6) is 2.32. The van der Waals surface area contributed by atoms with Crippen LogP contribution in [-0.2, 0) is 11.2 Å². The standard InChI is InChI=1S/C23H34N6O3S/c1-4-32-14-13-28-9-11-29(12-10-28)22-19(16-24-17-26-22)27-23(33)25-8-7-18-5-6-20(30-2)21(15-18)31-3/h5-6,15-17H,4,7-14H2,1-3H3,(H2,25,27,33). The number of rotatable bonds is 11. The maximum atomic E-state index is 5.52. The maximum Gasteiger partial charge on any atom is 0.170 e. The van der Waals surface area contributed by atoms with Gasteiger partial charge < -0.3 is 29.7 Å². The highest BCUT2D eigenvalue weighted by molar-refractivity contribution is 7.80. The summed E-state index contributed by atoms with van der Waals surface area (Å²) in [4.78, 5) is 13.4. The zero-order valence-electron chi connectivity index (χ0n) is 19.7. The number of methoxy groups -OCH3 is 2. The van der Waals surface area contributed by atoms with Gasteiger partial charge in [0, 0.05) is 45.9 Å². The van der Waals surface area contributed by atoms with Crippen LogP contribution in [0.4, 0.5) is 11.5 Å². The molecule has 0 atom stereocenters. The first-order valence-electron chi connectivity index (χ1n) is 11.3. The number of hydrogen-bond acceptors (Lipinski definition) is 8. The third kappa shape index (κ3) is 7.41. The second-order valence-corrected chi connectivity index (χ2v) is 8.01. The first-order valence-corrected chi connectivity index (χ1v) is 11.7. The molecule has 0 saturated carbocycles. The first-order chi connectivity index (χ1) is 16.1. The van der Waals surface area contributed by atoms with Gasteiger partial charge in [-0.3, -0.25) is 4.90 Å². The normalized spacial score (nSPS) is 14.1. The van der Waals surface area contributed by atoms with E-state index in [4.69, 9.17) is 26.4 Å². The van der Waals surface area contributed by atoms with E-state index in [9.17, 15) is 0 Å². The quantitative estimate of drug-likeness (QED) is 0.373. The van der Waals surface area contributed by atoms with Crippen LogP contribution < -0.4 is 25.0 Å². The van der Waals surface area contributed by atoms with Gasteiger partial charge in [-0.15, -0.1) is 0 Å². The van der Waals surface area contributed by atoms with Crippen LogP contribution in [0.25, 0.3) is 0 Å². The highest BCUT2D eigenvalue weighted by Gasteiger charge is 2.20. The topological polar surface area (TPSA) is 84.0 Å². The third-order valence-electron chi connectivity index (χ3n) is 5.51. The molecular formula is C23H34N6O3S. The van der Waals surface area contributed by atoms with Crippen molar-refractivity contribution < 1.29 is 14.2 Å². The summed E-state index contributed by atoms with van der Waals surface area (Å²) in [6.07, 6.45) is 4.14. The lowest BCUT2D eigenvalue weighted by Gasteiger charge is -2.36. The molecule has 2 heterocycles. The number of piperazine rings is 1. The smallest absolute Gasteiger partial charge is 0.170 e. The average Bonchev–Trinajstić information content (AvgIpc) is 2.85. The molecule has 1 saturated heterocycles. The number of nitrogens with zero attached hydrogens (tertiary/aromatic N) is 4. The van der Waals surface area contributed by atoms with Crippen LogP contribution in [0.1, 0.15) is 12.5 Å². The van der Waals surface area contributed by atoms with Crippen LogP contribution in [0.5, 0.6) is 11.5 Å². The van der Waals surface area contributed by atoms with Crippen molar-refractivity contribution in [3.63, 3.8) is 0 Å². The molecule has 0 spiro atoms. The van der Waals surface area contributed by atoms with Gasteiger partial charge in [-0.1, -0.05) is 6.07 Å². The summed E-state index contributed by atoms with van der Waals surface area (Å²) in [5, 5.41) is 7.07. The Bertz CT molecular complexity index is 892. The van der Waals surface area contributed by atoms with Crippen molar-refractivity contribution in [1.29, 1.82) is 0 Å². The lowest BCUT2D eigenvalue weighted by Crippen LogP contribution is -2.48. The van der Waals surface area contributed by atoms with Crippen molar-refractivity contribution in [2.75, 3.05) is 76.9 Å². The molecule has 0 amide bonds. The highest BCUT2D eigenvalue weighted by Crippen LogP contribution is 2.27. The summed E-state index contributed by atoms with van der Waals surface area (Å²) in [5.41, 5.74) is 1.94. The Morgan fingerprint density at radius 3 is 2.64 bits per heavy atom. The van der Waals surface area contributed by atoms with E-state index >= 15 is 0 Å². The minimum absolute atomic E-state index is 0.543. The molecule has 2 aromatic rings. The molecule has 180 valence electrons. The van der Waals surface area contributed by atoms with Gasteiger partial charge in [0.05, 0.1) is 27.0 Å². The van der Waals surface area contributed by atoms with E-state index in [2.05, 4.69) is 30.4 Å². The van der Waals surface area contributed by atoms with Gasteiger partial charge in [0.25, 0.3) is 0 Å². The molecule has 1 aliphatic heterocycles. The van der Waals surface area contributed by atoms with Crippen molar-refractivity contribution in [2.45, 2.75) is 13.3 Å². The van der Waals surface area contributed by atoms with Gasteiger partial charge in [0.1, 0.15) is 12.0 Å². The fraction of sp³-hybridized carbons (Fsp3) is 0.522. The summed E-state index contributed by atoms with van der Waals surface area (Å²) in [6, 6.07) is 5.92. The highest BCUT2D eigenvalue weighted by atomic mass is 32.1. The van der Waals surface area contributed by atoms with Crippen molar-refractivity contribution in [1.82, 2.24) is 20.2 Å². The lowest BCUT2D eigenvalue weighted by molar-refractivity contribution is 0.111. The number of nitrogens with one attached hydrogen (secondary N) is 2. The fourth-order valence-electron chi connectivity index (χ4n) is 3.71. The molecule has 1 aliphatic rings. The van der Waals surface area contributed by atoms with E-state index in [-0.39, 0.29) is 0 Å². The Kier molecular flexibility index (Phi) is 9.92. The van der Waals surface area contributed by atoms with E-state index in [0.717, 1.165) is 80.9 Å². The minimum Gasteiger partial charge on any atom is -0.493 e. The fourth-order valence-corrected chi connectivity index (χ4v) is 3.92. The average molecular weight is 475 g/mol. The molecule has 3 rings (SSSR count). The van der Waals surface area contributed by atoms with Crippen molar-refractivity contribution in [2.24, 2.45) is 0 Å². The van der Waals surface area contributed by atoms with E-state index < -0.39 is 0 Å². The van der Waals surface area contributed by atoms with Gasteiger partial charge in [0.15, 0.2) is 22.4 Å². The van der Waals surface area contributed by atoms with Crippen molar-refractivity contribution in [3.05, 3.63) is 36.3 Å². The second-order valence-electron chi connectivity index (χ2n) is 7.61. The monoisotopic (exact) mass is 474 g/mol. The maximum absolute atomic E-state index is 5.52. The zero-order valence-corrected chi connectivity index (χ0v) is 20.5. The van der Waals surface area contributed by atoms with Crippen LogP contribution in [-0.4, -0.2) is 86.7 Å². The van der Waals surface area contributed by atoms with Crippen LogP contribution in [0.15, 0.2) is 30.7 Å². The first kappa shape index (κ1) is 24.9. The predicted octanol–water partition coefficient (Wildman–Crippen LogP) is 2.18. The van der Waals surface area contributed by atoms with Crippen LogP contribution in [0.3, 0.4) is 0 Å². The Hall–Kier alpha value is -2.69. The molecule has 1 fully saturated rings. The predicted molar refractivity (Wildman–Crippen MR) is 135 cm³/mol. The van der Waals surface area contributed by atoms with Gasteiger partial charge >= 0.3 is 0 Å². The molecule has 2 N–H and O–H groups in total. The molecular weight excluding hydrogens is 440 g/mol. The van der Waals surface area contributed by atoms with Gasteiger partial charge in [0.2, 0.25) is 0 Å². The summed E-state index contributed by atoms with van der Waals surface area (Å²) in [6.45, 7) is 8.96. The number of thiocarbonyl (C=S) groups is 1. The Balaban J connectivity index is 1.49. The van der Waals surface area contributed by atoms with E-state index in [1.165, 1.54) is 0 Å². The molecule has 0 bridgehead atoms. The zero-order chi connectivity index (χ0) is 23.5. The largest absolute Gasteiger partial charge is 0.493 e. The van der Waals surface area contributed by atoms with Crippen LogP contribution in [0.2, 0.25) is 0 Å². The molecule has 1 aromatic heterocycles. The number of aromatic nitrogens is 2. The number of benzene rings is 1. The van der Waals surface area contributed by atoms with Gasteiger partial charge in [-0.2, -0.15) is 0 Å². The van der Waals surface area contributed by atoms with Crippen molar-refractivity contribution >= 4 is 28.8 Å². The van der Waals surface area contributed by atoms with E-state index in [1.807, 2.05) is 25.1 Å². The second kappa shape index (κ2) is 13.1. The Morgan fingerprint density at radius 2 is 1.91 bits per heavy atom. The number of anilines is 2. The molecule has 0 aliphatic carbocycles. The minimum atomic E-state index is 0.543. The summed E-state index contributed by atoms with van der Waals surface area (Å²) >= 11 is 5.52. The molecule has 0 radical (unpaired) electrons. The Morgan fingerprint density at radius 1 is 1.12 bits per heavy atom. The van der Waals surface area contributed by atoms with Gasteiger partial charge in [-0.25, -0.2) is 9.97 Å².